The van der Waals surface area contributed by atoms with E-state index in [9.17, 15) is 0 Å². The molecule has 0 spiro atoms. The van der Waals surface area contributed by atoms with Crippen LogP contribution in [-0.2, 0) is 4.74 Å². The van der Waals surface area contributed by atoms with Gasteiger partial charge in [0.15, 0.2) is 0 Å². The molecule has 0 aromatic rings. The predicted molar refractivity (Wildman–Crippen MR) is 108 cm³/mol. The van der Waals surface area contributed by atoms with Gasteiger partial charge in [0.2, 0.25) is 0 Å². The van der Waals surface area contributed by atoms with E-state index in [0.29, 0.717) is 6.10 Å². The van der Waals surface area contributed by atoms with Crippen molar-refractivity contribution in [2.45, 2.75) is 129 Å². The molecular weight excluding hydrogens is 292 g/mol. The minimum Gasteiger partial charge on any atom is -0.373 e. The average molecular weight is 337 g/mol. The van der Waals surface area contributed by atoms with E-state index < -0.39 is 0 Å². The third kappa shape index (κ3) is 16.6. The SMILES string of the molecule is CCCCCCCCCCCCC/C=C\CCCCCCC1CO1. The Morgan fingerprint density at radius 1 is 0.625 bits per heavy atom. The van der Waals surface area contributed by atoms with Gasteiger partial charge in [0, 0.05) is 0 Å². The molecule has 1 fully saturated rings. The predicted octanol–water partition coefficient (Wildman–Crippen LogP) is 7.98. The fourth-order valence-corrected chi connectivity index (χ4v) is 3.38. The fraction of sp³-hybridized carbons (Fsp3) is 0.913. The Bertz CT molecular complexity index is 267. The lowest BCUT2D eigenvalue weighted by Crippen LogP contribution is -1.85. The highest BCUT2D eigenvalue weighted by Gasteiger charge is 2.20. The van der Waals surface area contributed by atoms with Gasteiger partial charge in [-0.25, -0.2) is 0 Å². The third-order valence-electron chi connectivity index (χ3n) is 5.19. The van der Waals surface area contributed by atoms with Crippen molar-refractivity contribution in [3.8, 4) is 0 Å². The van der Waals surface area contributed by atoms with Crippen LogP contribution in [0.2, 0.25) is 0 Å². The Hall–Kier alpha value is -0.300. The number of allylic oxidation sites excluding steroid dienone is 2. The summed E-state index contributed by atoms with van der Waals surface area (Å²) in [5.74, 6) is 0. The van der Waals surface area contributed by atoms with Gasteiger partial charge in [-0.1, -0.05) is 103 Å². The van der Waals surface area contributed by atoms with E-state index in [0.717, 1.165) is 6.61 Å². The normalized spacial score (nSPS) is 17.0. The molecule has 24 heavy (non-hydrogen) atoms. The van der Waals surface area contributed by atoms with Crippen LogP contribution in [0.3, 0.4) is 0 Å². The second kappa shape index (κ2) is 17.5. The molecule has 1 aliphatic rings. The van der Waals surface area contributed by atoms with Crippen molar-refractivity contribution in [1.82, 2.24) is 0 Å². The molecule has 0 aromatic carbocycles. The molecule has 1 rings (SSSR count). The summed E-state index contributed by atoms with van der Waals surface area (Å²) in [5.41, 5.74) is 0. The molecule has 1 nitrogen and oxygen atoms in total. The van der Waals surface area contributed by atoms with Crippen molar-refractivity contribution in [1.29, 1.82) is 0 Å². The summed E-state index contributed by atoms with van der Waals surface area (Å²) in [6.07, 6.45) is 30.8. The van der Waals surface area contributed by atoms with Gasteiger partial charge in [0.05, 0.1) is 12.7 Å². The second-order valence-corrected chi connectivity index (χ2v) is 7.74. The first-order valence-corrected chi connectivity index (χ1v) is 11.2. The largest absolute Gasteiger partial charge is 0.373 e. The number of rotatable bonds is 19. The molecule has 1 aliphatic heterocycles. The highest BCUT2D eigenvalue weighted by molar-refractivity contribution is 4.81. The summed E-state index contributed by atoms with van der Waals surface area (Å²) in [7, 11) is 0. The molecule has 1 heteroatoms. The number of unbranched alkanes of at least 4 members (excludes halogenated alkanes) is 15. The van der Waals surface area contributed by atoms with Crippen molar-refractivity contribution >= 4 is 0 Å². The molecule has 1 unspecified atom stereocenters. The number of ether oxygens (including phenoxy) is 1. The van der Waals surface area contributed by atoms with Crippen LogP contribution in [-0.4, -0.2) is 12.7 Å². The summed E-state index contributed by atoms with van der Waals surface area (Å²) in [5, 5.41) is 0. The fourth-order valence-electron chi connectivity index (χ4n) is 3.38. The van der Waals surface area contributed by atoms with E-state index in [4.69, 9.17) is 4.74 Å². The lowest BCUT2D eigenvalue weighted by molar-refractivity contribution is 0.388. The minimum absolute atomic E-state index is 0.635. The van der Waals surface area contributed by atoms with Crippen LogP contribution in [0.1, 0.15) is 122 Å². The Morgan fingerprint density at radius 3 is 1.50 bits per heavy atom. The summed E-state index contributed by atoms with van der Waals surface area (Å²) in [6, 6.07) is 0. The first-order valence-electron chi connectivity index (χ1n) is 11.2. The molecular formula is C23H44O. The zero-order chi connectivity index (χ0) is 17.1. The van der Waals surface area contributed by atoms with Gasteiger partial charge in [0.25, 0.3) is 0 Å². The van der Waals surface area contributed by atoms with E-state index in [1.54, 1.807) is 0 Å². The Balaban J connectivity index is 1.64. The average Bonchev–Trinajstić information content (AvgIpc) is 3.41. The van der Waals surface area contributed by atoms with Gasteiger partial charge >= 0.3 is 0 Å². The van der Waals surface area contributed by atoms with Crippen LogP contribution in [0.5, 0.6) is 0 Å². The van der Waals surface area contributed by atoms with E-state index in [2.05, 4.69) is 19.1 Å². The number of hydrogen-bond acceptors (Lipinski definition) is 1. The van der Waals surface area contributed by atoms with Crippen molar-refractivity contribution in [2.75, 3.05) is 6.61 Å². The maximum atomic E-state index is 5.23. The smallest absolute Gasteiger partial charge is 0.0810 e. The van der Waals surface area contributed by atoms with Crippen molar-refractivity contribution < 1.29 is 4.74 Å². The molecule has 1 heterocycles. The summed E-state index contributed by atoms with van der Waals surface area (Å²) in [6.45, 7) is 3.32. The first-order chi connectivity index (χ1) is 11.9. The molecule has 0 amide bonds. The van der Waals surface area contributed by atoms with Gasteiger partial charge in [-0.2, -0.15) is 0 Å². The second-order valence-electron chi connectivity index (χ2n) is 7.74. The van der Waals surface area contributed by atoms with Crippen LogP contribution in [0, 0.1) is 0 Å². The van der Waals surface area contributed by atoms with E-state index >= 15 is 0 Å². The van der Waals surface area contributed by atoms with Crippen molar-refractivity contribution in [3.63, 3.8) is 0 Å². The number of hydrogen-bond donors (Lipinski definition) is 0. The number of epoxide rings is 1. The summed E-state index contributed by atoms with van der Waals surface area (Å²) in [4.78, 5) is 0. The Labute approximate surface area is 152 Å². The third-order valence-corrected chi connectivity index (χ3v) is 5.19. The zero-order valence-corrected chi connectivity index (χ0v) is 16.6. The van der Waals surface area contributed by atoms with Crippen LogP contribution in [0.25, 0.3) is 0 Å². The molecule has 1 saturated heterocycles. The highest BCUT2D eigenvalue weighted by Crippen LogP contribution is 2.18. The highest BCUT2D eigenvalue weighted by atomic mass is 16.6. The molecule has 0 saturated carbocycles. The minimum atomic E-state index is 0.635. The van der Waals surface area contributed by atoms with Gasteiger partial charge < -0.3 is 4.74 Å². The molecule has 0 N–H and O–H groups in total. The molecule has 142 valence electrons. The lowest BCUT2D eigenvalue weighted by Gasteiger charge is -2.01. The van der Waals surface area contributed by atoms with Crippen molar-refractivity contribution in [2.24, 2.45) is 0 Å². The standard InChI is InChI=1S/C23H44O/c1-2-3-4-5-6-7-8-9-10-11-12-13-14-15-16-17-18-19-20-21-23-22-24-23/h14-15,23H,2-13,16-22H2,1H3/b15-14-. The summed E-state index contributed by atoms with van der Waals surface area (Å²) < 4.78 is 5.23. The Kier molecular flexibility index (Phi) is 15.9. The maximum Gasteiger partial charge on any atom is 0.0810 e. The quantitative estimate of drug-likeness (QED) is 0.132. The van der Waals surface area contributed by atoms with Crippen LogP contribution < -0.4 is 0 Å². The van der Waals surface area contributed by atoms with Gasteiger partial charge in [-0.15, -0.1) is 0 Å². The topological polar surface area (TPSA) is 12.5 Å². The van der Waals surface area contributed by atoms with Crippen molar-refractivity contribution in [3.05, 3.63) is 12.2 Å². The zero-order valence-electron chi connectivity index (χ0n) is 16.6. The summed E-state index contributed by atoms with van der Waals surface area (Å²) >= 11 is 0. The Morgan fingerprint density at radius 2 is 1.04 bits per heavy atom. The van der Waals surface area contributed by atoms with E-state index in [1.165, 1.54) is 116 Å². The maximum absolute atomic E-state index is 5.23. The molecule has 0 aromatic heterocycles. The van der Waals surface area contributed by atoms with Crippen LogP contribution >= 0.6 is 0 Å². The molecule has 0 bridgehead atoms. The van der Waals surface area contributed by atoms with Gasteiger partial charge in [-0.05, 0) is 32.1 Å². The first kappa shape index (κ1) is 21.7. The molecule has 1 atom stereocenters. The molecule has 0 aliphatic carbocycles. The molecule has 0 radical (unpaired) electrons. The lowest BCUT2D eigenvalue weighted by atomic mass is 10.0. The van der Waals surface area contributed by atoms with Crippen LogP contribution in [0.15, 0.2) is 12.2 Å². The van der Waals surface area contributed by atoms with E-state index in [-0.39, 0.29) is 0 Å². The monoisotopic (exact) mass is 336 g/mol. The van der Waals surface area contributed by atoms with Gasteiger partial charge in [-0.3, -0.25) is 0 Å². The van der Waals surface area contributed by atoms with Crippen LogP contribution in [0.4, 0.5) is 0 Å². The van der Waals surface area contributed by atoms with E-state index in [1.807, 2.05) is 0 Å². The van der Waals surface area contributed by atoms with Gasteiger partial charge in [0.1, 0.15) is 0 Å².